The molecule has 1 saturated heterocycles. The fourth-order valence-electron chi connectivity index (χ4n) is 8.78. The fourth-order valence-corrected chi connectivity index (χ4v) is 8.78. The number of carbonyl (C=O) groups is 4. The maximum absolute atomic E-state index is 13.4. The quantitative estimate of drug-likeness (QED) is 0.0335. The molecule has 0 aromatic rings. The summed E-state index contributed by atoms with van der Waals surface area (Å²) in [5, 5.41) is 0. The lowest BCUT2D eigenvalue weighted by atomic mass is 9.93. The van der Waals surface area contributed by atoms with Crippen LogP contribution >= 0.6 is 0 Å². The van der Waals surface area contributed by atoms with Crippen LogP contribution in [0.2, 0.25) is 0 Å². The highest BCUT2D eigenvalue weighted by Crippen LogP contribution is 2.25. The standard InChI is InChI=1S/C55H103NO8.C2H6/c1-7-10-13-16-19-20-21-25-31-38-52(57)61-43-35-28-33-42-56-46-50(64-54(59)41-40-48(6)47(4)5)45-51(56)55(60)62-44-34-27-22-26-32-39-53(58)63-49(36-29-23-17-14-11-8-2)37-30-24-18-15-12-9-3;1-2/h47-51H,7-46H2,1-6H3;1-2H3/t48?,50?,51-;/m0./s1. The Kier molecular flexibility index (Phi) is 45.0. The lowest BCUT2D eigenvalue weighted by Gasteiger charge is -2.22. The molecule has 0 aromatic heterocycles. The van der Waals surface area contributed by atoms with Gasteiger partial charge in [0, 0.05) is 32.2 Å². The van der Waals surface area contributed by atoms with Crippen molar-refractivity contribution in [1.82, 2.24) is 4.90 Å². The van der Waals surface area contributed by atoms with Crippen molar-refractivity contribution in [3.05, 3.63) is 0 Å². The van der Waals surface area contributed by atoms with Gasteiger partial charge in [-0.1, -0.05) is 190 Å². The second kappa shape index (κ2) is 46.6. The zero-order chi connectivity index (χ0) is 48.9. The van der Waals surface area contributed by atoms with Crippen LogP contribution in [0.5, 0.6) is 0 Å². The van der Waals surface area contributed by atoms with Gasteiger partial charge in [0.1, 0.15) is 18.2 Å². The van der Waals surface area contributed by atoms with Crippen molar-refractivity contribution in [2.75, 3.05) is 26.3 Å². The van der Waals surface area contributed by atoms with Crippen LogP contribution in [-0.4, -0.2) is 73.3 Å². The minimum absolute atomic E-state index is 0.0471. The average Bonchev–Trinajstić information content (AvgIpc) is 3.71. The molecule has 66 heavy (non-hydrogen) atoms. The molecule has 0 amide bonds. The Bertz CT molecular complexity index is 1110. The van der Waals surface area contributed by atoms with E-state index in [1.807, 2.05) is 13.8 Å². The summed E-state index contributed by atoms with van der Waals surface area (Å²) in [5.74, 6) is 0.380. The lowest BCUT2D eigenvalue weighted by molar-refractivity contribution is -0.151. The normalized spacial score (nSPS) is 15.4. The zero-order valence-corrected chi connectivity index (χ0v) is 44.9. The highest BCUT2D eigenvalue weighted by atomic mass is 16.6. The summed E-state index contributed by atoms with van der Waals surface area (Å²) in [7, 11) is 0. The lowest BCUT2D eigenvalue weighted by Crippen LogP contribution is -2.38. The molecule has 9 nitrogen and oxygen atoms in total. The van der Waals surface area contributed by atoms with E-state index < -0.39 is 6.04 Å². The molecule has 0 bridgehead atoms. The van der Waals surface area contributed by atoms with Crippen LogP contribution in [0, 0.1) is 11.8 Å². The first kappa shape index (κ1) is 63.8. The first-order valence-corrected chi connectivity index (χ1v) is 28.6. The van der Waals surface area contributed by atoms with Gasteiger partial charge in [-0.3, -0.25) is 24.1 Å². The predicted octanol–water partition coefficient (Wildman–Crippen LogP) is 16.0. The van der Waals surface area contributed by atoms with E-state index in [9.17, 15) is 19.2 Å². The summed E-state index contributed by atoms with van der Waals surface area (Å²) < 4.78 is 23.3. The second-order valence-electron chi connectivity index (χ2n) is 19.9. The minimum atomic E-state index is -0.432. The molecule has 1 aliphatic heterocycles. The number of carbonyl (C=O) groups excluding carboxylic acids is 4. The molecule has 0 spiro atoms. The van der Waals surface area contributed by atoms with Gasteiger partial charge in [-0.2, -0.15) is 0 Å². The summed E-state index contributed by atoms with van der Waals surface area (Å²) in [6.45, 7) is 19.3. The number of hydrogen-bond donors (Lipinski definition) is 0. The van der Waals surface area contributed by atoms with E-state index >= 15 is 0 Å². The molecule has 9 heteroatoms. The Balaban J connectivity index is 0.0000208. The van der Waals surface area contributed by atoms with Crippen LogP contribution in [0.25, 0.3) is 0 Å². The molecule has 3 atom stereocenters. The van der Waals surface area contributed by atoms with Gasteiger partial charge in [-0.15, -0.1) is 0 Å². The number of esters is 4. The molecule has 1 fully saturated rings. The van der Waals surface area contributed by atoms with Gasteiger partial charge in [0.05, 0.1) is 13.2 Å². The number of likely N-dealkylation sites (tertiary alicyclic amines) is 1. The summed E-state index contributed by atoms with van der Waals surface area (Å²) >= 11 is 0. The second-order valence-corrected chi connectivity index (χ2v) is 19.9. The Labute approximate surface area is 408 Å². The molecule has 0 saturated carbocycles. The fraction of sp³-hybridized carbons (Fsp3) is 0.930. The topological polar surface area (TPSA) is 108 Å². The summed E-state index contributed by atoms with van der Waals surface area (Å²) in [6.07, 6.45) is 37.5. The smallest absolute Gasteiger partial charge is 0.323 e. The van der Waals surface area contributed by atoms with Gasteiger partial charge >= 0.3 is 23.9 Å². The van der Waals surface area contributed by atoms with Gasteiger partial charge in [0.25, 0.3) is 0 Å². The van der Waals surface area contributed by atoms with Crippen molar-refractivity contribution in [2.45, 2.75) is 305 Å². The van der Waals surface area contributed by atoms with E-state index in [-0.39, 0.29) is 36.1 Å². The van der Waals surface area contributed by atoms with Crippen molar-refractivity contribution in [3.63, 3.8) is 0 Å². The predicted molar refractivity (Wildman–Crippen MR) is 276 cm³/mol. The molecular weight excluding hydrogens is 827 g/mol. The molecule has 2 unspecified atom stereocenters. The molecular formula is C57H109NO8. The Hall–Kier alpha value is -2.16. The zero-order valence-electron chi connectivity index (χ0n) is 44.9. The van der Waals surface area contributed by atoms with Crippen molar-refractivity contribution >= 4 is 23.9 Å². The van der Waals surface area contributed by atoms with Gasteiger partial charge in [0.15, 0.2) is 0 Å². The largest absolute Gasteiger partial charge is 0.466 e. The SMILES string of the molecule is CC.CCCCCCCCCCCC(=O)OCCCCCN1CC(OC(=O)CCC(C)C(C)C)C[C@H]1C(=O)OCCCCCCCC(=O)OC(CCCCCCCC)CCCCCCCC. The van der Waals surface area contributed by atoms with E-state index in [0.717, 1.165) is 96.3 Å². The third-order valence-corrected chi connectivity index (χ3v) is 13.5. The highest BCUT2D eigenvalue weighted by molar-refractivity contribution is 5.76. The first-order valence-electron chi connectivity index (χ1n) is 28.6. The molecule has 1 aliphatic rings. The van der Waals surface area contributed by atoms with Crippen LogP contribution in [0.15, 0.2) is 0 Å². The third-order valence-electron chi connectivity index (χ3n) is 13.5. The number of nitrogens with zero attached hydrogens (tertiary/aromatic N) is 1. The van der Waals surface area contributed by atoms with Crippen LogP contribution in [0.3, 0.4) is 0 Å². The summed E-state index contributed by atoms with van der Waals surface area (Å²) in [4.78, 5) is 53.4. The maximum atomic E-state index is 13.4. The minimum Gasteiger partial charge on any atom is -0.466 e. The molecule has 1 heterocycles. The molecule has 1 rings (SSSR count). The number of rotatable bonds is 45. The molecule has 0 radical (unpaired) electrons. The number of unbranched alkanes of at least 4 members (excludes halogenated alkanes) is 24. The van der Waals surface area contributed by atoms with E-state index in [1.165, 1.54) is 109 Å². The van der Waals surface area contributed by atoms with Crippen LogP contribution in [-0.2, 0) is 38.1 Å². The van der Waals surface area contributed by atoms with Gasteiger partial charge in [0.2, 0.25) is 0 Å². The molecule has 390 valence electrons. The Morgan fingerprint density at radius 2 is 0.924 bits per heavy atom. The van der Waals surface area contributed by atoms with Gasteiger partial charge in [-0.25, -0.2) is 0 Å². The van der Waals surface area contributed by atoms with Crippen molar-refractivity contribution < 1.29 is 38.1 Å². The van der Waals surface area contributed by atoms with E-state index in [4.69, 9.17) is 18.9 Å². The van der Waals surface area contributed by atoms with Gasteiger partial charge in [-0.05, 0) is 89.0 Å². The number of ether oxygens (including phenoxy) is 4. The maximum Gasteiger partial charge on any atom is 0.323 e. The van der Waals surface area contributed by atoms with E-state index in [0.29, 0.717) is 63.8 Å². The summed E-state index contributed by atoms with van der Waals surface area (Å²) in [5.41, 5.74) is 0. The Morgan fingerprint density at radius 3 is 1.44 bits per heavy atom. The van der Waals surface area contributed by atoms with E-state index in [2.05, 4.69) is 46.4 Å². The average molecular weight is 936 g/mol. The van der Waals surface area contributed by atoms with Crippen LogP contribution < -0.4 is 0 Å². The van der Waals surface area contributed by atoms with Crippen molar-refractivity contribution in [1.29, 1.82) is 0 Å². The van der Waals surface area contributed by atoms with Crippen molar-refractivity contribution in [2.24, 2.45) is 11.8 Å². The van der Waals surface area contributed by atoms with Gasteiger partial charge < -0.3 is 18.9 Å². The third kappa shape index (κ3) is 37.8. The van der Waals surface area contributed by atoms with Crippen molar-refractivity contribution in [3.8, 4) is 0 Å². The molecule has 0 N–H and O–H groups in total. The monoisotopic (exact) mass is 936 g/mol. The first-order chi connectivity index (χ1) is 32.1. The number of hydrogen-bond acceptors (Lipinski definition) is 9. The van der Waals surface area contributed by atoms with Crippen LogP contribution in [0.1, 0.15) is 287 Å². The Morgan fingerprint density at radius 1 is 0.485 bits per heavy atom. The molecule has 0 aliphatic carbocycles. The summed E-state index contributed by atoms with van der Waals surface area (Å²) in [6, 6.07) is -0.432. The van der Waals surface area contributed by atoms with Crippen LogP contribution in [0.4, 0.5) is 0 Å². The van der Waals surface area contributed by atoms with E-state index in [1.54, 1.807) is 0 Å². The highest BCUT2D eigenvalue weighted by Gasteiger charge is 2.39. The molecule has 0 aromatic carbocycles.